The molecule has 2 aliphatic heterocycles. The number of hydrogen-bond donors (Lipinski definition) is 0. The monoisotopic (exact) mass is 388 g/mol. The molecule has 28 heavy (non-hydrogen) atoms. The standard InChI is InChI=1S/C22H40N6/c1-17(2)25-9-11-27(19(13-23)15-25)21(5,6)22(7,8)28-12-10-26(18(3)4)16-20(28)14-24/h17-20H,9-12,15-16H2,1-8H3. The molecule has 0 aliphatic carbocycles. The van der Waals surface area contributed by atoms with Gasteiger partial charge in [-0.15, -0.1) is 0 Å². The molecule has 2 heterocycles. The molecule has 0 aromatic rings. The van der Waals surface area contributed by atoms with Gasteiger partial charge in [0.1, 0.15) is 12.1 Å². The van der Waals surface area contributed by atoms with Gasteiger partial charge >= 0.3 is 0 Å². The summed E-state index contributed by atoms with van der Waals surface area (Å²) >= 11 is 0. The third kappa shape index (κ3) is 4.21. The smallest absolute Gasteiger partial charge is 0.111 e. The van der Waals surface area contributed by atoms with Crippen molar-refractivity contribution in [3.8, 4) is 12.1 Å². The Kier molecular flexibility index (Phi) is 7.16. The first kappa shape index (κ1) is 23.1. The fourth-order valence-corrected chi connectivity index (χ4v) is 4.81. The molecule has 158 valence electrons. The van der Waals surface area contributed by atoms with E-state index in [1.165, 1.54) is 0 Å². The summed E-state index contributed by atoms with van der Waals surface area (Å²) < 4.78 is 0. The van der Waals surface area contributed by atoms with E-state index in [1.54, 1.807) is 0 Å². The first-order valence-electron chi connectivity index (χ1n) is 10.8. The number of hydrogen-bond acceptors (Lipinski definition) is 6. The van der Waals surface area contributed by atoms with Crippen molar-refractivity contribution in [2.75, 3.05) is 39.3 Å². The molecule has 2 rings (SSSR count). The molecule has 0 bridgehead atoms. The molecule has 0 radical (unpaired) electrons. The Balaban J connectivity index is 2.25. The summed E-state index contributed by atoms with van der Waals surface area (Å²) in [6.45, 7) is 23.1. The van der Waals surface area contributed by atoms with Crippen molar-refractivity contribution in [1.82, 2.24) is 19.6 Å². The minimum atomic E-state index is -0.231. The second-order valence-corrected chi connectivity index (χ2v) is 9.97. The van der Waals surface area contributed by atoms with Crippen LogP contribution in [0.2, 0.25) is 0 Å². The minimum absolute atomic E-state index is 0.122. The summed E-state index contributed by atoms with van der Waals surface area (Å²) in [6.07, 6.45) is 0. The van der Waals surface area contributed by atoms with Crippen molar-refractivity contribution in [2.45, 2.75) is 90.6 Å². The Hall–Kier alpha value is -1.18. The van der Waals surface area contributed by atoms with Crippen molar-refractivity contribution in [2.24, 2.45) is 0 Å². The highest BCUT2D eigenvalue weighted by molar-refractivity contribution is 5.13. The van der Waals surface area contributed by atoms with Gasteiger partial charge in [0.15, 0.2) is 0 Å². The van der Waals surface area contributed by atoms with Crippen molar-refractivity contribution >= 4 is 0 Å². The number of nitriles is 2. The van der Waals surface area contributed by atoms with Crippen LogP contribution in [-0.4, -0.2) is 94.1 Å². The Bertz CT molecular complexity index is 557. The van der Waals surface area contributed by atoms with Gasteiger partial charge in [-0.25, -0.2) is 0 Å². The van der Waals surface area contributed by atoms with E-state index in [-0.39, 0.29) is 23.2 Å². The molecule has 2 atom stereocenters. The second-order valence-electron chi connectivity index (χ2n) is 9.97. The SMILES string of the molecule is CC(C)N1CCN(C(C)(C)C(C)(C)N2CCN(C(C)C)CC2C#N)C(C#N)C1. The molecular weight excluding hydrogens is 348 g/mol. The van der Waals surface area contributed by atoms with Crippen LogP contribution < -0.4 is 0 Å². The zero-order valence-corrected chi connectivity index (χ0v) is 19.2. The molecule has 6 nitrogen and oxygen atoms in total. The first-order valence-corrected chi connectivity index (χ1v) is 10.8. The summed E-state index contributed by atoms with van der Waals surface area (Å²) in [6, 6.07) is 5.79. The molecule has 2 saturated heterocycles. The molecule has 0 aromatic carbocycles. The molecule has 6 heteroatoms. The van der Waals surface area contributed by atoms with Crippen LogP contribution in [0.25, 0.3) is 0 Å². The van der Waals surface area contributed by atoms with E-state index in [9.17, 15) is 10.5 Å². The van der Waals surface area contributed by atoms with Gasteiger partial charge in [0.05, 0.1) is 12.1 Å². The average Bonchev–Trinajstić information content (AvgIpc) is 2.66. The van der Waals surface area contributed by atoms with Gasteiger partial charge in [0, 0.05) is 62.4 Å². The van der Waals surface area contributed by atoms with Crippen LogP contribution in [0.1, 0.15) is 55.4 Å². The summed E-state index contributed by atoms with van der Waals surface area (Å²) in [4.78, 5) is 9.56. The minimum Gasteiger partial charge on any atom is -0.297 e. The summed E-state index contributed by atoms with van der Waals surface area (Å²) in [7, 11) is 0. The lowest BCUT2D eigenvalue weighted by Crippen LogP contribution is -2.73. The molecule has 2 aliphatic rings. The maximum absolute atomic E-state index is 9.90. The molecule has 0 N–H and O–H groups in total. The average molecular weight is 389 g/mol. The predicted molar refractivity (Wildman–Crippen MR) is 114 cm³/mol. The van der Waals surface area contributed by atoms with Crippen molar-refractivity contribution in [1.29, 1.82) is 10.5 Å². The molecule has 2 fully saturated rings. The molecule has 0 saturated carbocycles. The van der Waals surface area contributed by atoms with Gasteiger partial charge in [0.25, 0.3) is 0 Å². The highest BCUT2D eigenvalue weighted by Crippen LogP contribution is 2.38. The van der Waals surface area contributed by atoms with Gasteiger partial charge in [-0.05, 0) is 55.4 Å². The van der Waals surface area contributed by atoms with Crippen LogP contribution in [-0.2, 0) is 0 Å². The second kappa shape index (κ2) is 8.67. The fraction of sp³-hybridized carbons (Fsp3) is 0.909. The van der Waals surface area contributed by atoms with E-state index < -0.39 is 0 Å². The van der Waals surface area contributed by atoms with Crippen LogP contribution >= 0.6 is 0 Å². The number of rotatable bonds is 5. The lowest BCUT2D eigenvalue weighted by Gasteiger charge is -2.59. The van der Waals surface area contributed by atoms with Crippen molar-refractivity contribution < 1.29 is 0 Å². The Labute approximate surface area is 172 Å². The van der Waals surface area contributed by atoms with Crippen LogP contribution in [0.4, 0.5) is 0 Å². The molecule has 0 aromatic heterocycles. The Morgan fingerprint density at radius 1 is 0.679 bits per heavy atom. The zero-order valence-electron chi connectivity index (χ0n) is 19.2. The third-order valence-corrected chi connectivity index (χ3v) is 7.52. The van der Waals surface area contributed by atoms with Gasteiger partial charge in [0.2, 0.25) is 0 Å². The normalized spacial score (nSPS) is 27.1. The number of nitrogens with zero attached hydrogens (tertiary/aromatic N) is 6. The van der Waals surface area contributed by atoms with Crippen LogP contribution in [0.3, 0.4) is 0 Å². The highest BCUT2D eigenvalue weighted by Gasteiger charge is 2.51. The van der Waals surface area contributed by atoms with Crippen LogP contribution in [0.15, 0.2) is 0 Å². The summed E-state index contributed by atoms with van der Waals surface area (Å²) in [5.74, 6) is 0. The maximum atomic E-state index is 9.90. The van der Waals surface area contributed by atoms with E-state index in [1.807, 2.05) is 0 Å². The van der Waals surface area contributed by atoms with Crippen LogP contribution in [0.5, 0.6) is 0 Å². The molecule has 2 unspecified atom stereocenters. The van der Waals surface area contributed by atoms with E-state index in [0.717, 1.165) is 39.3 Å². The summed E-state index contributed by atoms with van der Waals surface area (Å²) in [5, 5.41) is 19.8. The van der Waals surface area contributed by atoms with E-state index in [4.69, 9.17) is 0 Å². The maximum Gasteiger partial charge on any atom is 0.111 e. The van der Waals surface area contributed by atoms with Crippen molar-refractivity contribution in [3.05, 3.63) is 0 Å². The Morgan fingerprint density at radius 3 is 1.25 bits per heavy atom. The quantitative estimate of drug-likeness (QED) is 0.721. The number of piperazine rings is 2. The molecule has 0 spiro atoms. The molecular formula is C22H40N6. The lowest BCUT2D eigenvalue weighted by atomic mass is 9.77. The zero-order chi connectivity index (χ0) is 21.3. The van der Waals surface area contributed by atoms with E-state index in [2.05, 4.69) is 87.1 Å². The van der Waals surface area contributed by atoms with E-state index >= 15 is 0 Å². The lowest BCUT2D eigenvalue weighted by molar-refractivity contribution is -0.0952. The fourth-order valence-electron chi connectivity index (χ4n) is 4.81. The topological polar surface area (TPSA) is 60.5 Å². The first-order chi connectivity index (χ1) is 13.0. The largest absolute Gasteiger partial charge is 0.297 e. The van der Waals surface area contributed by atoms with Gasteiger partial charge < -0.3 is 0 Å². The Morgan fingerprint density at radius 2 is 1.00 bits per heavy atom. The molecule has 0 amide bonds. The highest BCUT2D eigenvalue weighted by atomic mass is 15.4. The summed E-state index contributed by atoms with van der Waals surface area (Å²) in [5.41, 5.74) is -0.461. The van der Waals surface area contributed by atoms with E-state index in [0.29, 0.717) is 12.1 Å². The van der Waals surface area contributed by atoms with Gasteiger partial charge in [-0.2, -0.15) is 10.5 Å². The van der Waals surface area contributed by atoms with Crippen LogP contribution in [0, 0.1) is 22.7 Å². The predicted octanol–water partition coefficient (Wildman–Crippen LogP) is 2.38. The van der Waals surface area contributed by atoms with Crippen molar-refractivity contribution in [3.63, 3.8) is 0 Å². The van der Waals surface area contributed by atoms with Gasteiger partial charge in [-0.3, -0.25) is 19.6 Å². The van der Waals surface area contributed by atoms with Gasteiger partial charge in [-0.1, -0.05) is 0 Å². The third-order valence-electron chi connectivity index (χ3n) is 7.52.